The Labute approximate surface area is 125 Å². The van der Waals surface area contributed by atoms with E-state index in [2.05, 4.69) is 15.5 Å². The molecule has 0 saturated carbocycles. The number of nitro groups is 1. The SMILES string of the molecule is O=[N+]([O-])c1ccc(COc2cccc(-n3cnnn3)c2)cc1. The van der Waals surface area contributed by atoms with Crippen LogP contribution in [0.1, 0.15) is 5.56 Å². The number of hydrogen-bond acceptors (Lipinski definition) is 6. The van der Waals surface area contributed by atoms with Crippen molar-refractivity contribution in [1.82, 2.24) is 20.2 Å². The molecule has 0 saturated heterocycles. The van der Waals surface area contributed by atoms with Gasteiger partial charge in [-0.2, -0.15) is 0 Å². The minimum atomic E-state index is -0.430. The maximum Gasteiger partial charge on any atom is 0.269 e. The van der Waals surface area contributed by atoms with Crippen LogP contribution in [-0.4, -0.2) is 25.1 Å². The Bertz CT molecular complexity index is 771. The third-order valence-corrected chi connectivity index (χ3v) is 2.98. The summed E-state index contributed by atoms with van der Waals surface area (Å²) in [4.78, 5) is 10.2. The molecule has 0 N–H and O–H groups in total. The van der Waals surface area contributed by atoms with E-state index in [1.165, 1.54) is 23.1 Å². The average Bonchev–Trinajstić information content (AvgIpc) is 3.08. The Morgan fingerprint density at radius 3 is 2.68 bits per heavy atom. The van der Waals surface area contributed by atoms with Crippen molar-refractivity contribution in [1.29, 1.82) is 0 Å². The summed E-state index contributed by atoms with van der Waals surface area (Å²) in [6, 6.07) is 13.6. The highest BCUT2D eigenvalue weighted by Gasteiger charge is 2.05. The molecule has 22 heavy (non-hydrogen) atoms. The van der Waals surface area contributed by atoms with Crippen LogP contribution in [-0.2, 0) is 6.61 Å². The molecule has 110 valence electrons. The molecule has 1 aromatic heterocycles. The number of non-ortho nitro benzene ring substituents is 1. The Kier molecular flexibility index (Phi) is 3.73. The van der Waals surface area contributed by atoms with E-state index in [1.54, 1.807) is 12.1 Å². The van der Waals surface area contributed by atoms with Gasteiger partial charge in [-0.25, -0.2) is 4.68 Å². The molecule has 0 amide bonds. The number of benzene rings is 2. The predicted octanol–water partition coefficient (Wildman–Crippen LogP) is 2.15. The van der Waals surface area contributed by atoms with Crippen LogP contribution in [0.25, 0.3) is 5.69 Å². The second-order valence-electron chi connectivity index (χ2n) is 4.46. The van der Waals surface area contributed by atoms with E-state index in [0.717, 1.165) is 11.3 Å². The molecule has 0 aliphatic carbocycles. The van der Waals surface area contributed by atoms with Crippen LogP contribution in [0.5, 0.6) is 5.75 Å². The predicted molar refractivity (Wildman–Crippen MR) is 76.6 cm³/mol. The molecule has 0 fully saturated rings. The van der Waals surface area contributed by atoms with Crippen LogP contribution in [0.15, 0.2) is 54.9 Å². The van der Waals surface area contributed by atoms with E-state index >= 15 is 0 Å². The standard InChI is InChI=1S/C14H11N5O3/c20-19(21)12-6-4-11(5-7-12)9-22-14-3-1-2-13(8-14)18-10-15-16-17-18/h1-8,10H,9H2. The molecule has 1 heterocycles. The highest BCUT2D eigenvalue weighted by atomic mass is 16.6. The fraction of sp³-hybridized carbons (Fsp3) is 0.0714. The minimum absolute atomic E-state index is 0.0597. The van der Waals surface area contributed by atoms with Gasteiger partial charge in [0.05, 0.1) is 10.6 Å². The molecule has 3 rings (SSSR count). The summed E-state index contributed by atoms with van der Waals surface area (Å²) in [5, 5.41) is 21.6. The number of hydrogen-bond donors (Lipinski definition) is 0. The largest absolute Gasteiger partial charge is 0.489 e. The molecular formula is C14H11N5O3. The molecule has 0 atom stereocenters. The van der Waals surface area contributed by atoms with Gasteiger partial charge in [-0.05, 0) is 40.3 Å². The lowest BCUT2D eigenvalue weighted by Crippen LogP contribution is -1.98. The zero-order valence-corrected chi connectivity index (χ0v) is 11.4. The fourth-order valence-corrected chi connectivity index (χ4v) is 1.88. The van der Waals surface area contributed by atoms with Gasteiger partial charge in [-0.3, -0.25) is 10.1 Å². The summed E-state index contributed by atoms with van der Waals surface area (Å²) >= 11 is 0. The van der Waals surface area contributed by atoms with E-state index < -0.39 is 4.92 Å². The van der Waals surface area contributed by atoms with Crippen molar-refractivity contribution in [3.05, 3.63) is 70.5 Å². The molecule has 0 aliphatic rings. The highest BCUT2D eigenvalue weighted by molar-refractivity contribution is 5.38. The van der Waals surface area contributed by atoms with Gasteiger partial charge in [-0.15, -0.1) is 5.10 Å². The van der Waals surface area contributed by atoms with Crippen LogP contribution in [0.3, 0.4) is 0 Å². The van der Waals surface area contributed by atoms with Crippen molar-refractivity contribution in [2.75, 3.05) is 0 Å². The Morgan fingerprint density at radius 2 is 2.00 bits per heavy atom. The first-order valence-corrected chi connectivity index (χ1v) is 6.42. The molecule has 0 bridgehead atoms. The number of rotatable bonds is 5. The lowest BCUT2D eigenvalue weighted by atomic mass is 10.2. The van der Waals surface area contributed by atoms with Crippen LogP contribution in [0.4, 0.5) is 5.69 Å². The molecule has 0 spiro atoms. The van der Waals surface area contributed by atoms with Crippen molar-refractivity contribution in [3.63, 3.8) is 0 Å². The number of ether oxygens (including phenoxy) is 1. The van der Waals surface area contributed by atoms with Crippen molar-refractivity contribution in [2.45, 2.75) is 6.61 Å². The van der Waals surface area contributed by atoms with Gasteiger partial charge in [0.15, 0.2) is 0 Å². The molecule has 8 nitrogen and oxygen atoms in total. The molecule has 8 heteroatoms. The van der Waals surface area contributed by atoms with Crippen LogP contribution < -0.4 is 4.74 Å². The van der Waals surface area contributed by atoms with Crippen LogP contribution in [0, 0.1) is 10.1 Å². The summed E-state index contributed by atoms with van der Waals surface area (Å²) in [5.74, 6) is 0.659. The Morgan fingerprint density at radius 1 is 1.18 bits per heavy atom. The second kappa shape index (κ2) is 6.00. The number of aromatic nitrogens is 4. The lowest BCUT2D eigenvalue weighted by molar-refractivity contribution is -0.384. The normalized spacial score (nSPS) is 10.4. The van der Waals surface area contributed by atoms with E-state index in [1.807, 2.05) is 24.3 Å². The maximum atomic E-state index is 10.6. The maximum absolute atomic E-state index is 10.6. The van der Waals surface area contributed by atoms with Gasteiger partial charge in [0, 0.05) is 18.2 Å². The monoisotopic (exact) mass is 297 g/mol. The lowest BCUT2D eigenvalue weighted by Gasteiger charge is -2.07. The topological polar surface area (TPSA) is 96.0 Å². The number of nitrogens with zero attached hydrogens (tertiary/aromatic N) is 5. The van der Waals surface area contributed by atoms with E-state index in [-0.39, 0.29) is 5.69 Å². The summed E-state index contributed by atoms with van der Waals surface area (Å²) < 4.78 is 7.21. The summed E-state index contributed by atoms with van der Waals surface area (Å²) in [5.41, 5.74) is 1.69. The first-order valence-electron chi connectivity index (χ1n) is 6.42. The zero-order chi connectivity index (χ0) is 15.4. The van der Waals surface area contributed by atoms with Crippen molar-refractivity contribution in [3.8, 4) is 11.4 Å². The van der Waals surface area contributed by atoms with E-state index in [0.29, 0.717) is 12.4 Å². The summed E-state index contributed by atoms with van der Waals surface area (Å²) in [7, 11) is 0. The second-order valence-corrected chi connectivity index (χ2v) is 4.46. The Hall–Kier alpha value is -3.29. The number of tetrazole rings is 1. The minimum Gasteiger partial charge on any atom is -0.489 e. The van der Waals surface area contributed by atoms with Crippen molar-refractivity contribution >= 4 is 5.69 Å². The van der Waals surface area contributed by atoms with Gasteiger partial charge < -0.3 is 4.74 Å². The van der Waals surface area contributed by atoms with Gasteiger partial charge in [-0.1, -0.05) is 6.07 Å². The van der Waals surface area contributed by atoms with Crippen molar-refractivity contribution < 1.29 is 9.66 Å². The fourth-order valence-electron chi connectivity index (χ4n) is 1.88. The third-order valence-electron chi connectivity index (χ3n) is 2.98. The van der Waals surface area contributed by atoms with Gasteiger partial charge in [0.2, 0.25) is 0 Å². The van der Waals surface area contributed by atoms with E-state index in [4.69, 9.17) is 4.74 Å². The van der Waals surface area contributed by atoms with Crippen molar-refractivity contribution in [2.24, 2.45) is 0 Å². The molecule has 0 aliphatic heterocycles. The first-order chi connectivity index (χ1) is 10.7. The smallest absolute Gasteiger partial charge is 0.269 e. The van der Waals surface area contributed by atoms with Crippen LogP contribution >= 0.6 is 0 Å². The average molecular weight is 297 g/mol. The van der Waals surface area contributed by atoms with E-state index in [9.17, 15) is 10.1 Å². The molecule has 3 aromatic rings. The molecule has 0 unspecified atom stereocenters. The quantitative estimate of drug-likeness (QED) is 0.529. The van der Waals surface area contributed by atoms with Gasteiger partial charge in [0.1, 0.15) is 18.7 Å². The number of nitro benzene ring substituents is 1. The highest BCUT2D eigenvalue weighted by Crippen LogP contribution is 2.18. The van der Waals surface area contributed by atoms with Gasteiger partial charge >= 0.3 is 0 Å². The van der Waals surface area contributed by atoms with Crippen LogP contribution in [0.2, 0.25) is 0 Å². The van der Waals surface area contributed by atoms with Gasteiger partial charge in [0.25, 0.3) is 5.69 Å². The third kappa shape index (κ3) is 3.06. The molecular weight excluding hydrogens is 286 g/mol. The summed E-state index contributed by atoms with van der Waals surface area (Å²) in [6.07, 6.45) is 1.50. The summed E-state index contributed by atoms with van der Waals surface area (Å²) in [6.45, 7) is 0.317. The zero-order valence-electron chi connectivity index (χ0n) is 11.4. The molecule has 0 radical (unpaired) electrons. The molecule has 2 aromatic carbocycles. The Balaban J connectivity index is 1.69. The first kappa shape index (κ1) is 13.7.